The normalized spacial score (nSPS) is 14.5. The summed E-state index contributed by atoms with van der Waals surface area (Å²) in [6.07, 6.45) is -6.34. The van der Waals surface area contributed by atoms with Crippen molar-refractivity contribution in [3.05, 3.63) is 131 Å². The fourth-order valence-electron chi connectivity index (χ4n) is 5.07. The molecule has 0 aromatic heterocycles. The van der Waals surface area contributed by atoms with Gasteiger partial charge in [0.1, 0.15) is 12.4 Å². The zero-order valence-corrected chi connectivity index (χ0v) is 25.0. The molecule has 0 unspecified atom stereocenters. The molecule has 0 fully saturated rings. The van der Waals surface area contributed by atoms with Crippen LogP contribution in [-0.2, 0) is 23.1 Å². The Morgan fingerprint density at radius 2 is 1.29 bits per heavy atom. The number of hydrogen-bond acceptors (Lipinski definition) is 4. The van der Waals surface area contributed by atoms with Gasteiger partial charge in [0, 0.05) is 0 Å². The monoisotopic (exact) mass is 704 g/mol. The number of hydrogen-bond donors (Lipinski definition) is 0. The molecule has 1 aliphatic rings. The van der Waals surface area contributed by atoms with E-state index in [1.165, 1.54) is 0 Å². The predicted octanol–water partition coefficient (Wildman–Crippen LogP) is 9.44. The number of alkyl halides is 9. The molecule has 4 aromatic rings. The fraction of sp³-hybridized carbons (Fsp3) is 0.212. The second-order valence-electron chi connectivity index (χ2n) is 10.7. The first kappa shape index (κ1) is 34.8. The lowest BCUT2D eigenvalue weighted by molar-refractivity contribution is -0.382. The molecule has 4 nitrogen and oxygen atoms in total. The van der Waals surface area contributed by atoms with E-state index in [9.17, 15) is 47.9 Å². The highest BCUT2D eigenvalue weighted by molar-refractivity contribution is 7.88. The van der Waals surface area contributed by atoms with Crippen LogP contribution in [0.4, 0.5) is 43.9 Å². The Labute approximate surface area is 267 Å². The second kappa shape index (κ2) is 12.5. The number of halogens is 10. The van der Waals surface area contributed by atoms with E-state index in [4.69, 9.17) is 4.74 Å². The number of benzene rings is 4. The van der Waals surface area contributed by atoms with Crippen LogP contribution in [-0.4, -0.2) is 31.7 Å². The minimum atomic E-state index is -7.53. The molecule has 0 saturated heterocycles. The summed E-state index contributed by atoms with van der Waals surface area (Å²) in [6, 6.07) is 25.4. The van der Waals surface area contributed by atoms with Crippen LogP contribution >= 0.6 is 0 Å². The van der Waals surface area contributed by atoms with Crippen molar-refractivity contribution in [3.63, 3.8) is 0 Å². The van der Waals surface area contributed by atoms with Gasteiger partial charge in [-0.2, -0.15) is 47.9 Å². The lowest BCUT2D eigenvalue weighted by Gasteiger charge is -2.32. The van der Waals surface area contributed by atoms with Crippen LogP contribution in [0.1, 0.15) is 34.2 Å². The van der Waals surface area contributed by atoms with Crippen molar-refractivity contribution in [3.8, 4) is 11.5 Å². The third kappa shape index (κ3) is 6.22. The van der Waals surface area contributed by atoms with E-state index >= 15 is 4.39 Å². The van der Waals surface area contributed by atoms with Gasteiger partial charge in [0.05, 0.1) is 0 Å². The van der Waals surface area contributed by atoms with Crippen molar-refractivity contribution in [2.75, 3.05) is 0 Å². The summed E-state index contributed by atoms with van der Waals surface area (Å²) in [4.78, 5) is 0. The maximum atomic E-state index is 15.3. The Bertz CT molecular complexity index is 1940. The zero-order valence-electron chi connectivity index (χ0n) is 24.2. The number of ether oxygens (including phenoxy) is 1. The molecular weight excluding hydrogens is 682 g/mol. The lowest BCUT2D eigenvalue weighted by atomic mass is 9.79. The molecule has 0 saturated carbocycles. The van der Waals surface area contributed by atoms with Crippen LogP contribution in [0.15, 0.2) is 97.1 Å². The quantitative estimate of drug-likeness (QED) is 0.122. The third-order valence-corrected chi connectivity index (χ3v) is 8.80. The summed E-state index contributed by atoms with van der Waals surface area (Å²) in [5, 5.41) is -7.14. The van der Waals surface area contributed by atoms with Crippen molar-refractivity contribution < 1.29 is 61.2 Å². The van der Waals surface area contributed by atoms with Gasteiger partial charge in [-0.3, -0.25) is 0 Å². The maximum absolute atomic E-state index is 15.3. The van der Waals surface area contributed by atoms with Crippen LogP contribution in [0.5, 0.6) is 11.5 Å². The molecule has 15 heteroatoms. The van der Waals surface area contributed by atoms with E-state index in [2.05, 4.69) is 4.18 Å². The minimum absolute atomic E-state index is 0.0516. The first-order valence-corrected chi connectivity index (χ1v) is 15.3. The van der Waals surface area contributed by atoms with Gasteiger partial charge in [-0.15, -0.1) is 0 Å². The summed E-state index contributed by atoms with van der Waals surface area (Å²) in [7, 11) is -7.34. The minimum Gasteiger partial charge on any atom is -0.489 e. The molecule has 0 spiro atoms. The molecule has 0 heterocycles. The average molecular weight is 705 g/mol. The summed E-state index contributed by atoms with van der Waals surface area (Å²) in [5.74, 6) is -17.9. The van der Waals surface area contributed by atoms with Crippen LogP contribution in [0.2, 0.25) is 0 Å². The third-order valence-electron chi connectivity index (χ3n) is 7.51. The Morgan fingerprint density at radius 1 is 0.667 bits per heavy atom. The Hall–Kier alpha value is -4.53. The molecule has 0 aliphatic heterocycles. The number of rotatable bonds is 10. The van der Waals surface area contributed by atoms with Gasteiger partial charge in [0.25, 0.3) is 0 Å². The number of allylic oxidation sites excluding steroid dienone is 1. The molecule has 0 radical (unpaired) electrons. The first-order valence-electron chi connectivity index (χ1n) is 13.9. The largest absolute Gasteiger partial charge is 0.489 e. The van der Waals surface area contributed by atoms with Crippen molar-refractivity contribution in [2.45, 2.75) is 42.7 Å². The van der Waals surface area contributed by atoms with Crippen molar-refractivity contribution in [1.29, 1.82) is 0 Å². The number of aryl methyl sites for hydroxylation is 1. The van der Waals surface area contributed by atoms with Crippen molar-refractivity contribution in [1.82, 2.24) is 0 Å². The molecule has 0 N–H and O–H groups in total. The molecule has 5 rings (SSSR count). The number of fused-ring (bicyclic) bond motifs is 1. The zero-order chi connectivity index (χ0) is 35.1. The van der Waals surface area contributed by atoms with Crippen LogP contribution in [0.25, 0.3) is 11.1 Å². The van der Waals surface area contributed by atoms with Crippen LogP contribution in [0, 0.1) is 5.82 Å². The van der Waals surface area contributed by atoms with Crippen LogP contribution < -0.4 is 8.92 Å². The molecular formula is C33H22F10O4S. The molecule has 0 amide bonds. The van der Waals surface area contributed by atoms with Gasteiger partial charge < -0.3 is 8.92 Å². The van der Waals surface area contributed by atoms with Gasteiger partial charge in [-0.05, 0) is 76.1 Å². The molecule has 4 aromatic carbocycles. The van der Waals surface area contributed by atoms with Gasteiger partial charge in [0.15, 0.2) is 11.6 Å². The molecule has 254 valence electrons. The van der Waals surface area contributed by atoms with Gasteiger partial charge in [-0.25, -0.2) is 4.39 Å². The Morgan fingerprint density at radius 3 is 1.90 bits per heavy atom. The summed E-state index contributed by atoms with van der Waals surface area (Å²) < 4.78 is 169. The van der Waals surface area contributed by atoms with Gasteiger partial charge in [0.2, 0.25) is 0 Å². The summed E-state index contributed by atoms with van der Waals surface area (Å²) in [6.45, 7) is 0.270. The van der Waals surface area contributed by atoms with Crippen molar-refractivity contribution >= 4 is 21.3 Å². The van der Waals surface area contributed by atoms with E-state index in [-0.39, 0.29) is 12.2 Å². The van der Waals surface area contributed by atoms with E-state index in [0.29, 0.717) is 47.4 Å². The van der Waals surface area contributed by atoms with E-state index in [0.717, 1.165) is 22.8 Å². The second-order valence-corrected chi connectivity index (χ2v) is 12.2. The molecule has 48 heavy (non-hydrogen) atoms. The molecule has 0 atom stereocenters. The smallest absolute Gasteiger partial charge is 0.460 e. The molecule has 0 bridgehead atoms. The van der Waals surface area contributed by atoms with Crippen molar-refractivity contribution in [2.24, 2.45) is 0 Å². The Kier molecular flexibility index (Phi) is 9.05. The maximum Gasteiger partial charge on any atom is 0.460 e. The van der Waals surface area contributed by atoms with Crippen LogP contribution in [0.3, 0.4) is 0 Å². The highest BCUT2D eigenvalue weighted by atomic mass is 32.2. The topological polar surface area (TPSA) is 52.6 Å². The SMILES string of the molecule is O=S(=O)(Oc1ccc(C2=C(c3ccccc3)CCc3cc(OCc4ccccc4)ccc32)cc1F)C(F)(F)C(F)(F)C(F)(F)C(F)(F)F. The average Bonchev–Trinajstić information content (AvgIpc) is 3.04. The first-order chi connectivity index (χ1) is 22.4. The van der Waals surface area contributed by atoms with E-state index < -0.39 is 45.0 Å². The summed E-state index contributed by atoms with van der Waals surface area (Å²) in [5.41, 5.74) is 4.17. The highest BCUT2D eigenvalue weighted by Crippen LogP contribution is 2.55. The predicted molar refractivity (Wildman–Crippen MR) is 155 cm³/mol. The van der Waals surface area contributed by atoms with E-state index in [1.54, 1.807) is 48.5 Å². The standard InChI is InChI=1S/C33H22F10O4S/c34-27-18-23(12-16-28(27)47-48(44,45)33(42,43)31(37,38)30(35,36)32(39,40)41)29-25(21-9-5-2-6-10-21)14-11-22-17-24(13-15-26(22)29)46-19-20-7-3-1-4-8-20/h1-10,12-13,15-18H,11,14,19H2. The molecule has 1 aliphatic carbocycles. The Balaban J connectivity index is 1.51. The fourth-order valence-corrected chi connectivity index (χ4v) is 5.99. The van der Waals surface area contributed by atoms with Gasteiger partial charge in [-0.1, -0.05) is 72.8 Å². The summed E-state index contributed by atoms with van der Waals surface area (Å²) >= 11 is 0. The lowest BCUT2D eigenvalue weighted by Crippen LogP contribution is -2.63. The highest BCUT2D eigenvalue weighted by Gasteiger charge is 2.86. The van der Waals surface area contributed by atoms with Gasteiger partial charge >= 0.3 is 33.4 Å². The van der Waals surface area contributed by atoms with E-state index in [1.807, 2.05) is 30.3 Å².